The van der Waals surface area contributed by atoms with Crippen molar-refractivity contribution in [3.05, 3.63) is 35.0 Å². The maximum Gasteiger partial charge on any atom is 0.142 e. The molecule has 0 N–H and O–H groups in total. The molecule has 0 bridgehead atoms. The number of hydrogen-bond donors (Lipinski definition) is 0. The van der Waals surface area contributed by atoms with Gasteiger partial charge in [-0.3, -0.25) is 9.78 Å². The van der Waals surface area contributed by atoms with Crippen molar-refractivity contribution in [1.82, 2.24) is 9.97 Å². The average molecular weight is 328 g/mol. The number of ketones is 1. The fourth-order valence-electron chi connectivity index (χ4n) is 2.79. The Hall–Kier alpha value is -1.55. The lowest BCUT2D eigenvalue weighted by Gasteiger charge is -2.24. The molecule has 1 aliphatic carbocycles. The number of rotatable bonds is 6. The highest BCUT2D eigenvalue weighted by atomic mass is 32.1. The van der Waals surface area contributed by atoms with Gasteiger partial charge in [-0.25, -0.2) is 4.98 Å². The zero-order valence-corrected chi connectivity index (χ0v) is 14.9. The number of carbonyl (C=O) groups is 1. The number of nitrogens with zero attached hydrogens (tertiary/aromatic N) is 2. The lowest BCUT2D eigenvalue weighted by molar-refractivity contribution is -0.124. The highest BCUT2D eigenvalue weighted by molar-refractivity contribution is 7.13. The Morgan fingerprint density at radius 1 is 1.26 bits per heavy atom. The van der Waals surface area contributed by atoms with E-state index in [0.29, 0.717) is 6.42 Å². The molecule has 2 aromatic heterocycles. The summed E-state index contributed by atoms with van der Waals surface area (Å²) in [6, 6.07) is 6.02. The quantitative estimate of drug-likeness (QED) is 0.771. The van der Waals surface area contributed by atoms with Crippen molar-refractivity contribution < 1.29 is 4.79 Å². The van der Waals surface area contributed by atoms with E-state index in [1.165, 1.54) is 25.0 Å². The van der Waals surface area contributed by atoms with Crippen molar-refractivity contribution in [1.29, 1.82) is 0 Å². The molecule has 1 fully saturated rings. The van der Waals surface area contributed by atoms with Gasteiger partial charge in [0.15, 0.2) is 0 Å². The summed E-state index contributed by atoms with van der Waals surface area (Å²) < 4.78 is 0. The fourth-order valence-corrected chi connectivity index (χ4v) is 3.59. The molecule has 0 radical (unpaired) electrons. The first-order valence-corrected chi connectivity index (χ1v) is 9.24. The first-order valence-electron chi connectivity index (χ1n) is 8.36. The monoisotopic (exact) mass is 328 g/mol. The van der Waals surface area contributed by atoms with Gasteiger partial charge in [0.1, 0.15) is 10.8 Å². The van der Waals surface area contributed by atoms with Crippen LogP contribution in [0.15, 0.2) is 23.6 Å². The van der Waals surface area contributed by atoms with Crippen molar-refractivity contribution in [2.75, 3.05) is 0 Å². The van der Waals surface area contributed by atoms with Crippen LogP contribution in [0.5, 0.6) is 0 Å². The molecule has 0 spiro atoms. The van der Waals surface area contributed by atoms with Crippen molar-refractivity contribution >= 4 is 17.1 Å². The second kappa shape index (κ2) is 6.52. The molecular formula is C19H24N2OS. The number of thiazole rings is 1. The number of carbonyl (C=O) groups excluding carboxylic acids is 1. The predicted octanol–water partition coefficient (Wildman–Crippen LogP) is 4.71. The lowest BCUT2D eigenvalue weighted by atomic mass is 9.82. The standard InChI is InChI=1S/C19H24N2OS/c1-13(22)19(2,3)11-15-8-5-9-17(20-15)18-21-16(12-23-18)10-14-6-4-7-14/h5,8-9,12,14H,4,6-7,10-11H2,1-3H3. The number of Topliss-reactive ketones (excluding diaryl/α,β-unsaturated/α-hetero) is 1. The molecular weight excluding hydrogens is 304 g/mol. The summed E-state index contributed by atoms with van der Waals surface area (Å²) in [6.07, 6.45) is 5.84. The molecule has 1 saturated carbocycles. The molecule has 122 valence electrons. The van der Waals surface area contributed by atoms with Gasteiger partial charge in [0.2, 0.25) is 0 Å². The molecule has 3 rings (SSSR count). The fraction of sp³-hybridized carbons (Fsp3) is 0.526. The number of pyridine rings is 1. The van der Waals surface area contributed by atoms with Crippen LogP contribution in [0, 0.1) is 11.3 Å². The van der Waals surface area contributed by atoms with Crippen LogP contribution in [0.1, 0.15) is 51.4 Å². The summed E-state index contributed by atoms with van der Waals surface area (Å²) >= 11 is 1.67. The lowest BCUT2D eigenvalue weighted by Crippen LogP contribution is -2.24. The van der Waals surface area contributed by atoms with Gasteiger partial charge in [-0.2, -0.15) is 0 Å². The minimum absolute atomic E-state index is 0.196. The first-order chi connectivity index (χ1) is 10.9. The third-order valence-electron chi connectivity index (χ3n) is 4.88. The molecule has 0 saturated heterocycles. The van der Waals surface area contributed by atoms with E-state index in [9.17, 15) is 4.79 Å². The van der Waals surface area contributed by atoms with Gasteiger partial charge in [-0.05, 0) is 31.4 Å². The smallest absolute Gasteiger partial charge is 0.142 e. The number of hydrogen-bond acceptors (Lipinski definition) is 4. The highest BCUT2D eigenvalue weighted by Gasteiger charge is 2.25. The molecule has 1 aliphatic rings. The molecule has 0 aromatic carbocycles. The van der Waals surface area contributed by atoms with E-state index in [-0.39, 0.29) is 11.2 Å². The van der Waals surface area contributed by atoms with Gasteiger partial charge in [-0.15, -0.1) is 11.3 Å². The maximum absolute atomic E-state index is 11.7. The molecule has 2 aromatic rings. The van der Waals surface area contributed by atoms with Gasteiger partial charge in [0, 0.05) is 22.9 Å². The van der Waals surface area contributed by atoms with Crippen LogP contribution >= 0.6 is 11.3 Å². The van der Waals surface area contributed by atoms with Gasteiger partial charge in [-0.1, -0.05) is 39.2 Å². The Morgan fingerprint density at radius 3 is 2.70 bits per heavy atom. The topological polar surface area (TPSA) is 42.9 Å². The maximum atomic E-state index is 11.7. The Labute approximate surface area is 142 Å². The van der Waals surface area contributed by atoms with E-state index in [1.54, 1.807) is 18.3 Å². The Kier molecular flexibility index (Phi) is 4.62. The Bertz CT molecular complexity index is 701. The minimum Gasteiger partial charge on any atom is -0.299 e. The average Bonchev–Trinajstić information content (AvgIpc) is 2.91. The summed E-state index contributed by atoms with van der Waals surface area (Å²) in [5.41, 5.74) is 2.71. The number of aromatic nitrogens is 2. The summed E-state index contributed by atoms with van der Waals surface area (Å²) in [7, 11) is 0. The summed E-state index contributed by atoms with van der Waals surface area (Å²) in [5, 5.41) is 3.16. The van der Waals surface area contributed by atoms with E-state index in [4.69, 9.17) is 9.97 Å². The largest absolute Gasteiger partial charge is 0.299 e. The molecule has 2 heterocycles. The van der Waals surface area contributed by atoms with Gasteiger partial charge < -0.3 is 0 Å². The van der Waals surface area contributed by atoms with E-state index >= 15 is 0 Å². The van der Waals surface area contributed by atoms with E-state index < -0.39 is 0 Å². The van der Waals surface area contributed by atoms with Gasteiger partial charge in [0.05, 0.1) is 11.4 Å². The molecule has 23 heavy (non-hydrogen) atoms. The van der Waals surface area contributed by atoms with Crippen molar-refractivity contribution in [2.24, 2.45) is 11.3 Å². The molecule has 3 nitrogen and oxygen atoms in total. The van der Waals surface area contributed by atoms with Crippen LogP contribution in [0.4, 0.5) is 0 Å². The SMILES string of the molecule is CC(=O)C(C)(C)Cc1cccc(-c2nc(CC3CCC3)cs2)n1. The first kappa shape index (κ1) is 16.3. The van der Waals surface area contributed by atoms with Gasteiger partial charge in [0.25, 0.3) is 0 Å². The molecule has 0 unspecified atom stereocenters. The van der Waals surface area contributed by atoms with Crippen LogP contribution in [-0.2, 0) is 17.6 Å². The molecule has 0 atom stereocenters. The van der Waals surface area contributed by atoms with E-state index in [0.717, 1.165) is 28.7 Å². The van der Waals surface area contributed by atoms with Crippen molar-refractivity contribution in [2.45, 2.75) is 52.9 Å². The third-order valence-corrected chi connectivity index (χ3v) is 5.79. The zero-order valence-electron chi connectivity index (χ0n) is 14.1. The van der Waals surface area contributed by atoms with Crippen LogP contribution in [-0.4, -0.2) is 15.8 Å². The summed E-state index contributed by atoms with van der Waals surface area (Å²) in [4.78, 5) is 21.2. The van der Waals surface area contributed by atoms with Crippen molar-refractivity contribution in [3.63, 3.8) is 0 Å². The van der Waals surface area contributed by atoms with Crippen molar-refractivity contribution in [3.8, 4) is 10.7 Å². The van der Waals surface area contributed by atoms with E-state index in [1.807, 2.05) is 32.0 Å². The second-order valence-electron chi connectivity index (χ2n) is 7.28. The third kappa shape index (κ3) is 3.86. The molecule has 0 amide bonds. The highest BCUT2D eigenvalue weighted by Crippen LogP contribution is 2.31. The Morgan fingerprint density at radius 2 is 2.04 bits per heavy atom. The van der Waals surface area contributed by atoms with Crippen LogP contribution in [0.2, 0.25) is 0 Å². The molecule has 0 aliphatic heterocycles. The predicted molar refractivity (Wildman–Crippen MR) is 94.6 cm³/mol. The summed E-state index contributed by atoms with van der Waals surface area (Å²) in [5.74, 6) is 1.03. The van der Waals surface area contributed by atoms with Gasteiger partial charge >= 0.3 is 0 Å². The van der Waals surface area contributed by atoms with E-state index in [2.05, 4.69) is 5.38 Å². The zero-order chi connectivity index (χ0) is 16.4. The van der Waals surface area contributed by atoms with Crippen LogP contribution in [0.25, 0.3) is 10.7 Å². The Balaban J connectivity index is 1.75. The van der Waals surface area contributed by atoms with Crippen LogP contribution in [0.3, 0.4) is 0 Å². The second-order valence-corrected chi connectivity index (χ2v) is 8.13. The summed E-state index contributed by atoms with van der Waals surface area (Å²) in [6.45, 7) is 5.60. The minimum atomic E-state index is -0.371. The van der Waals surface area contributed by atoms with Crippen LogP contribution < -0.4 is 0 Å². The normalized spacial score (nSPS) is 15.4. The molecule has 4 heteroatoms.